The lowest BCUT2D eigenvalue weighted by atomic mass is 10.1. The Morgan fingerprint density at radius 3 is 2.42 bits per heavy atom. The molecule has 0 aliphatic heterocycles. The second kappa shape index (κ2) is 9.74. The van der Waals surface area contributed by atoms with E-state index in [9.17, 15) is 4.79 Å². The molecule has 0 saturated carbocycles. The van der Waals surface area contributed by atoms with E-state index in [0.717, 1.165) is 18.4 Å². The monoisotopic (exact) mass is 262 g/mol. The van der Waals surface area contributed by atoms with E-state index in [-0.39, 0.29) is 11.9 Å². The molecule has 0 aliphatic rings. The summed E-state index contributed by atoms with van der Waals surface area (Å²) in [4.78, 5) is 11.6. The van der Waals surface area contributed by atoms with Crippen molar-refractivity contribution in [1.82, 2.24) is 0 Å². The van der Waals surface area contributed by atoms with E-state index in [1.54, 1.807) is 6.92 Å². The van der Waals surface area contributed by atoms with Crippen molar-refractivity contribution >= 4 is 5.78 Å². The maximum Gasteiger partial charge on any atom is 0.158 e. The number of hydrogen-bond donors (Lipinski definition) is 0. The van der Waals surface area contributed by atoms with Crippen molar-refractivity contribution in [3.8, 4) is 0 Å². The predicted octanol–water partition coefficient (Wildman–Crippen LogP) is 4.52. The highest BCUT2D eigenvalue weighted by Gasteiger charge is 2.14. The molecule has 0 amide bonds. The molecule has 0 spiro atoms. The second-order valence-corrected chi connectivity index (χ2v) is 5.10. The van der Waals surface area contributed by atoms with Crippen LogP contribution in [0.2, 0.25) is 0 Å². The first-order chi connectivity index (χ1) is 9.24. The van der Waals surface area contributed by atoms with Crippen LogP contribution < -0.4 is 0 Å². The summed E-state index contributed by atoms with van der Waals surface area (Å²) in [5, 5.41) is 0. The molecule has 0 fully saturated rings. The average Bonchev–Trinajstić information content (AvgIpc) is 2.42. The number of benzene rings is 1. The first-order valence-electron chi connectivity index (χ1n) is 7.40. The lowest BCUT2D eigenvalue weighted by molar-refractivity contribution is -0.129. The van der Waals surface area contributed by atoms with Crippen molar-refractivity contribution in [2.75, 3.05) is 0 Å². The van der Waals surface area contributed by atoms with Gasteiger partial charge in [0.1, 0.15) is 6.10 Å². The lowest BCUT2D eigenvalue weighted by Crippen LogP contribution is -2.21. The third-order valence-corrected chi connectivity index (χ3v) is 3.32. The van der Waals surface area contributed by atoms with Gasteiger partial charge in [0, 0.05) is 0 Å². The van der Waals surface area contributed by atoms with Crippen molar-refractivity contribution in [3.63, 3.8) is 0 Å². The molecular formula is C17H26O2. The number of ketones is 1. The highest BCUT2D eigenvalue weighted by Crippen LogP contribution is 2.12. The molecule has 0 bridgehead atoms. The Morgan fingerprint density at radius 2 is 1.79 bits per heavy atom. The zero-order chi connectivity index (χ0) is 13.9. The largest absolute Gasteiger partial charge is 0.366 e. The number of rotatable bonds is 10. The van der Waals surface area contributed by atoms with Crippen molar-refractivity contribution in [2.45, 2.75) is 65.1 Å². The van der Waals surface area contributed by atoms with Gasteiger partial charge in [0.05, 0.1) is 6.61 Å². The molecule has 0 unspecified atom stereocenters. The van der Waals surface area contributed by atoms with Crippen LogP contribution in [-0.2, 0) is 16.1 Å². The van der Waals surface area contributed by atoms with E-state index in [4.69, 9.17) is 4.74 Å². The van der Waals surface area contributed by atoms with Crippen molar-refractivity contribution < 1.29 is 9.53 Å². The molecule has 106 valence electrons. The van der Waals surface area contributed by atoms with E-state index in [1.165, 1.54) is 25.7 Å². The molecule has 0 saturated heterocycles. The maximum absolute atomic E-state index is 11.6. The molecule has 1 rings (SSSR count). The molecule has 1 aromatic rings. The third-order valence-electron chi connectivity index (χ3n) is 3.32. The second-order valence-electron chi connectivity index (χ2n) is 5.10. The minimum absolute atomic E-state index is 0.145. The van der Waals surface area contributed by atoms with Gasteiger partial charge in [-0.25, -0.2) is 0 Å². The van der Waals surface area contributed by atoms with Crippen LogP contribution in [0.25, 0.3) is 0 Å². The zero-order valence-corrected chi connectivity index (χ0v) is 12.2. The number of ether oxygens (including phenoxy) is 1. The van der Waals surface area contributed by atoms with Gasteiger partial charge in [-0.15, -0.1) is 0 Å². The number of hydrogen-bond acceptors (Lipinski definition) is 2. The summed E-state index contributed by atoms with van der Waals surface area (Å²) in [5.41, 5.74) is 1.12. The molecule has 0 aromatic heterocycles. The fraction of sp³-hybridized carbons (Fsp3) is 0.588. The van der Waals surface area contributed by atoms with E-state index < -0.39 is 0 Å². The Labute approximate surface area is 117 Å². The summed E-state index contributed by atoms with van der Waals surface area (Å²) < 4.78 is 5.75. The first kappa shape index (κ1) is 15.9. The minimum atomic E-state index is -0.234. The van der Waals surface area contributed by atoms with E-state index >= 15 is 0 Å². The molecule has 1 atom stereocenters. The van der Waals surface area contributed by atoms with Crippen molar-refractivity contribution in [1.29, 1.82) is 0 Å². The van der Waals surface area contributed by atoms with E-state index in [1.807, 2.05) is 30.3 Å². The summed E-state index contributed by atoms with van der Waals surface area (Å²) in [6.45, 7) is 4.36. The summed E-state index contributed by atoms with van der Waals surface area (Å²) in [7, 11) is 0. The lowest BCUT2D eigenvalue weighted by Gasteiger charge is -2.15. The molecule has 0 heterocycles. The summed E-state index contributed by atoms with van der Waals surface area (Å²) >= 11 is 0. The molecule has 0 aliphatic carbocycles. The number of carbonyl (C=O) groups excluding carboxylic acids is 1. The van der Waals surface area contributed by atoms with E-state index in [2.05, 4.69) is 6.92 Å². The van der Waals surface area contributed by atoms with Crippen LogP contribution in [0.1, 0.15) is 57.9 Å². The molecule has 1 aromatic carbocycles. The van der Waals surface area contributed by atoms with Gasteiger partial charge < -0.3 is 4.74 Å². The summed E-state index contributed by atoms with van der Waals surface area (Å²) in [6, 6.07) is 10.0. The highest BCUT2D eigenvalue weighted by molar-refractivity contribution is 5.80. The summed E-state index contributed by atoms with van der Waals surface area (Å²) in [5.74, 6) is 0.145. The Bertz CT molecular complexity index is 346. The van der Waals surface area contributed by atoms with Crippen molar-refractivity contribution in [3.05, 3.63) is 35.9 Å². The van der Waals surface area contributed by atoms with Gasteiger partial charge in [0.2, 0.25) is 0 Å². The molecule has 0 radical (unpaired) electrons. The summed E-state index contributed by atoms with van der Waals surface area (Å²) in [6.07, 6.45) is 6.70. The molecular weight excluding hydrogens is 236 g/mol. The van der Waals surface area contributed by atoms with Crippen LogP contribution in [0, 0.1) is 0 Å². The maximum atomic E-state index is 11.6. The molecule has 19 heavy (non-hydrogen) atoms. The SMILES string of the molecule is CCCCCCC[C@@H](OCc1ccccc1)C(C)=O. The van der Waals surface area contributed by atoms with Gasteiger partial charge in [0.25, 0.3) is 0 Å². The quantitative estimate of drug-likeness (QED) is 0.579. The Hall–Kier alpha value is -1.15. The van der Waals surface area contributed by atoms with Crippen LogP contribution in [0.3, 0.4) is 0 Å². The first-order valence-corrected chi connectivity index (χ1v) is 7.40. The van der Waals surface area contributed by atoms with Crippen molar-refractivity contribution in [2.24, 2.45) is 0 Å². The Morgan fingerprint density at radius 1 is 1.11 bits per heavy atom. The molecule has 2 nitrogen and oxygen atoms in total. The Balaban J connectivity index is 2.26. The van der Waals surface area contributed by atoms with Crippen LogP contribution in [0.15, 0.2) is 30.3 Å². The van der Waals surface area contributed by atoms with Crippen LogP contribution in [0.4, 0.5) is 0 Å². The van der Waals surface area contributed by atoms with Crippen LogP contribution >= 0.6 is 0 Å². The zero-order valence-electron chi connectivity index (χ0n) is 12.2. The predicted molar refractivity (Wildman–Crippen MR) is 79.1 cm³/mol. The Kier molecular flexibility index (Phi) is 8.15. The van der Waals surface area contributed by atoms with Gasteiger partial charge in [-0.2, -0.15) is 0 Å². The molecule has 2 heteroatoms. The van der Waals surface area contributed by atoms with Gasteiger partial charge in [0.15, 0.2) is 5.78 Å². The fourth-order valence-corrected chi connectivity index (χ4v) is 2.11. The van der Waals surface area contributed by atoms with Crippen LogP contribution in [0.5, 0.6) is 0 Å². The smallest absolute Gasteiger partial charge is 0.158 e. The topological polar surface area (TPSA) is 26.3 Å². The third kappa shape index (κ3) is 7.12. The fourth-order valence-electron chi connectivity index (χ4n) is 2.11. The van der Waals surface area contributed by atoms with Crippen LogP contribution in [-0.4, -0.2) is 11.9 Å². The van der Waals surface area contributed by atoms with Gasteiger partial charge in [-0.3, -0.25) is 4.79 Å². The van der Waals surface area contributed by atoms with Gasteiger partial charge in [-0.05, 0) is 18.9 Å². The molecule has 0 N–H and O–H groups in total. The van der Waals surface area contributed by atoms with E-state index in [0.29, 0.717) is 6.61 Å². The number of unbranched alkanes of at least 4 members (excludes halogenated alkanes) is 4. The van der Waals surface area contributed by atoms with Gasteiger partial charge in [-0.1, -0.05) is 69.4 Å². The normalized spacial score (nSPS) is 12.3. The van der Waals surface area contributed by atoms with Gasteiger partial charge >= 0.3 is 0 Å². The number of carbonyl (C=O) groups is 1. The average molecular weight is 262 g/mol. The number of Topliss-reactive ketones (excluding diaryl/α,β-unsaturated/α-hetero) is 1. The standard InChI is InChI=1S/C17H26O2/c1-3-4-5-6-10-13-17(15(2)18)19-14-16-11-8-7-9-12-16/h7-9,11-12,17H,3-6,10,13-14H2,1-2H3/t17-/m1/s1. The highest BCUT2D eigenvalue weighted by atomic mass is 16.5. The minimum Gasteiger partial charge on any atom is -0.366 e.